The molecule has 1 atom stereocenters. The Hall–Kier alpha value is -2.05. The summed E-state index contributed by atoms with van der Waals surface area (Å²) in [4.78, 5) is 12.0. The number of rotatable bonds is 7. The molecule has 0 aromatic heterocycles. The average Bonchev–Trinajstić information content (AvgIpc) is 3.16. The van der Waals surface area contributed by atoms with Crippen LogP contribution >= 0.6 is 15.9 Å². The molecule has 3 rings (SSSR count). The Kier molecular flexibility index (Phi) is 6.52. The van der Waals surface area contributed by atoms with Gasteiger partial charge in [0.2, 0.25) is 0 Å². The molecule has 2 aromatic carbocycles. The summed E-state index contributed by atoms with van der Waals surface area (Å²) in [6.07, 6.45) is 2.33. The Morgan fingerprint density at radius 1 is 1.19 bits per heavy atom. The molecule has 2 aromatic rings. The minimum Gasteiger partial charge on any atom is -0.491 e. The molecule has 0 aliphatic carbocycles. The largest absolute Gasteiger partial charge is 0.491 e. The van der Waals surface area contributed by atoms with E-state index in [1.54, 1.807) is 0 Å². The first-order valence-electron chi connectivity index (χ1n) is 8.63. The van der Waals surface area contributed by atoms with Gasteiger partial charge in [0.05, 0.1) is 6.10 Å². The molecule has 1 amide bonds. The minimum atomic E-state index is -0.210. The van der Waals surface area contributed by atoms with E-state index in [4.69, 9.17) is 14.2 Å². The van der Waals surface area contributed by atoms with E-state index in [1.165, 1.54) is 0 Å². The van der Waals surface area contributed by atoms with E-state index in [1.807, 2.05) is 49.4 Å². The van der Waals surface area contributed by atoms with Crippen LogP contribution in [0.15, 0.2) is 46.9 Å². The molecule has 6 heteroatoms. The Labute approximate surface area is 161 Å². The molecule has 5 nitrogen and oxygen atoms in total. The molecule has 1 N–H and O–H groups in total. The fourth-order valence-electron chi connectivity index (χ4n) is 2.65. The molecular formula is C20H22BrNO4. The highest BCUT2D eigenvalue weighted by molar-refractivity contribution is 9.10. The Balaban J connectivity index is 1.44. The molecule has 0 bridgehead atoms. The van der Waals surface area contributed by atoms with Gasteiger partial charge in [-0.1, -0.05) is 15.9 Å². The number of halogens is 1. The normalized spacial score (nSPS) is 16.3. The minimum absolute atomic E-state index is 0.0433. The van der Waals surface area contributed by atoms with Crippen LogP contribution in [0.4, 0.5) is 5.69 Å². The quantitative estimate of drug-likeness (QED) is 0.725. The van der Waals surface area contributed by atoms with Crippen LogP contribution in [-0.2, 0) is 9.53 Å². The van der Waals surface area contributed by atoms with E-state index in [-0.39, 0.29) is 18.6 Å². The lowest BCUT2D eigenvalue weighted by Crippen LogP contribution is -2.20. The SMILES string of the molecule is Cc1cc(OCC(=O)Nc2ccc(OCC3CCCO3)cc2)ccc1Br. The van der Waals surface area contributed by atoms with Crippen LogP contribution in [0.25, 0.3) is 0 Å². The van der Waals surface area contributed by atoms with Gasteiger partial charge in [-0.15, -0.1) is 0 Å². The van der Waals surface area contributed by atoms with Gasteiger partial charge >= 0.3 is 0 Å². The van der Waals surface area contributed by atoms with E-state index in [0.29, 0.717) is 18.0 Å². The molecule has 1 fully saturated rings. The van der Waals surface area contributed by atoms with E-state index in [9.17, 15) is 4.79 Å². The van der Waals surface area contributed by atoms with Crippen LogP contribution in [0.1, 0.15) is 18.4 Å². The number of carbonyl (C=O) groups excluding carboxylic acids is 1. The fourth-order valence-corrected chi connectivity index (χ4v) is 2.90. The van der Waals surface area contributed by atoms with Gasteiger partial charge in [-0.2, -0.15) is 0 Å². The zero-order chi connectivity index (χ0) is 18.4. The number of hydrogen-bond acceptors (Lipinski definition) is 4. The van der Waals surface area contributed by atoms with E-state index in [2.05, 4.69) is 21.2 Å². The van der Waals surface area contributed by atoms with Crippen LogP contribution in [0.3, 0.4) is 0 Å². The highest BCUT2D eigenvalue weighted by Gasteiger charge is 2.15. The second kappa shape index (κ2) is 9.05. The highest BCUT2D eigenvalue weighted by atomic mass is 79.9. The Bertz CT molecular complexity index is 742. The van der Waals surface area contributed by atoms with Crippen LogP contribution in [0, 0.1) is 6.92 Å². The number of carbonyl (C=O) groups is 1. The number of benzene rings is 2. The maximum Gasteiger partial charge on any atom is 0.262 e. The predicted molar refractivity (Wildman–Crippen MR) is 104 cm³/mol. The molecule has 1 aliphatic rings. The van der Waals surface area contributed by atoms with Crippen molar-refractivity contribution in [2.24, 2.45) is 0 Å². The Morgan fingerprint density at radius 3 is 2.65 bits per heavy atom. The van der Waals surface area contributed by atoms with Gasteiger partial charge < -0.3 is 19.5 Å². The summed E-state index contributed by atoms with van der Waals surface area (Å²) in [6.45, 7) is 3.31. The van der Waals surface area contributed by atoms with Crippen molar-refractivity contribution in [3.8, 4) is 11.5 Å². The number of amides is 1. The molecule has 1 saturated heterocycles. The monoisotopic (exact) mass is 419 g/mol. The number of ether oxygens (including phenoxy) is 3. The Morgan fingerprint density at radius 2 is 1.96 bits per heavy atom. The van der Waals surface area contributed by atoms with Gasteiger partial charge in [0.25, 0.3) is 5.91 Å². The maximum absolute atomic E-state index is 12.0. The summed E-state index contributed by atoms with van der Waals surface area (Å²) in [6, 6.07) is 12.9. The smallest absolute Gasteiger partial charge is 0.262 e. The molecule has 1 heterocycles. The zero-order valence-corrected chi connectivity index (χ0v) is 16.3. The second-order valence-corrected chi connectivity index (χ2v) is 7.07. The van der Waals surface area contributed by atoms with Crippen molar-refractivity contribution in [3.05, 3.63) is 52.5 Å². The van der Waals surface area contributed by atoms with Gasteiger partial charge in [-0.05, 0) is 67.8 Å². The summed E-state index contributed by atoms with van der Waals surface area (Å²) in [7, 11) is 0. The number of aryl methyl sites for hydroxylation is 1. The molecule has 0 radical (unpaired) electrons. The zero-order valence-electron chi connectivity index (χ0n) is 14.7. The first-order valence-corrected chi connectivity index (χ1v) is 9.43. The molecule has 1 aliphatic heterocycles. The maximum atomic E-state index is 12.0. The van der Waals surface area contributed by atoms with Crippen LogP contribution in [0.5, 0.6) is 11.5 Å². The fraction of sp³-hybridized carbons (Fsp3) is 0.350. The lowest BCUT2D eigenvalue weighted by atomic mass is 10.2. The van der Waals surface area contributed by atoms with E-state index >= 15 is 0 Å². The summed E-state index contributed by atoms with van der Waals surface area (Å²) < 4.78 is 17.8. The lowest BCUT2D eigenvalue weighted by Gasteiger charge is -2.12. The third kappa shape index (κ3) is 5.47. The van der Waals surface area contributed by atoms with Crippen molar-refractivity contribution < 1.29 is 19.0 Å². The van der Waals surface area contributed by atoms with Crippen molar-refractivity contribution in [3.63, 3.8) is 0 Å². The van der Waals surface area contributed by atoms with E-state index in [0.717, 1.165) is 35.2 Å². The molecular weight excluding hydrogens is 398 g/mol. The first kappa shape index (κ1) is 18.7. The second-order valence-electron chi connectivity index (χ2n) is 6.22. The van der Waals surface area contributed by atoms with Crippen LogP contribution in [0.2, 0.25) is 0 Å². The van der Waals surface area contributed by atoms with Gasteiger partial charge in [0.1, 0.15) is 18.1 Å². The molecule has 26 heavy (non-hydrogen) atoms. The summed E-state index contributed by atoms with van der Waals surface area (Å²) in [5.41, 5.74) is 1.76. The molecule has 1 unspecified atom stereocenters. The molecule has 0 spiro atoms. The topological polar surface area (TPSA) is 56.8 Å². The third-order valence-corrected chi connectivity index (χ3v) is 4.99. The summed E-state index contributed by atoms with van der Waals surface area (Å²) in [5.74, 6) is 1.22. The first-order chi connectivity index (χ1) is 12.6. The van der Waals surface area contributed by atoms with Crippen molar-refractivity contribution in [1.29, 1.82) is 0 Å². The van der Waals surface area contributed by atoms with E-state index < -0.39 is 0 Å². The van der Waals surface area contributed by atoms with Gasteiger partial charge in [0, 0.05) is 16.8 Å². The lowest BCUT2D eigenvalue weighted by molar-refractivity contribution is -0.118. The number of nitrogens with one attached hydrogen (secondary N) is 1. The summed E-state index contributed by atoms with van der Waals surface area (Å²) >= 11 is 3.44. The predicted octanol–water partition coefficient (Wildman–Crippen LogP) is 4.33. The van der Waals surface area contributed by atoms with Crippen LogP contribution < -0.4 is 14.8 Å². The van der Waals surface area contributed by atoms with Gasteiger partial charge in [-0.3, -0.25) is 4.79 Å². The molecule has 0 saturated carbocycles. The van der Waals surface area contributed by atoms with Gasteiger partial charge in [0.15, 0.2) is 6.61 Å². The summed E-state index contributed by atoms with van der Waals surface area (Å²) in [5, 5.41) is 2.81. The van der Waals surface area contributed by atoms with Crippen molar-refractivity contribution in [2.75, 3.05) is 25.1 Å². The van der Waals surface area contributed by atoms with Crippen molar-refractivity contribution in [2.45, 2.75) is 25.9 Å². The van der Waals surface area contributed by atoms with Gasteiger partial charge in [-0.25, -0.2) is 0 Å². The third-order valence-electron chi connectivity index (χ3n) is 4.10. The number of hydrogen-bond donors (Lipinski definition) is 1. The van der Waals surface area contributed by atoms with Crippen molar-refractivity contribution >= 4 is 27.5 Å². The molecule has 138 valence electrons. The standard InChI is InChI=1S/C20H22BrNO4/c1-14-11-17(8-9-19(14)21)26-13-20(23)22-15-4-6-16(7-5-15)25-12-18-3-2-10-24-18/h4-9,11,18H,2-3,10,12-13H2,1H3,(H,22,23). The van der Waals surface area contributed by atoms with Crippen molar-refractivity contribution in [1.82, 2.24) is 0 Å². The average molecular weight is 420 g/mol. The van der Waals surface area contributed by atoms with Crippen LogP contribution in [-0.4, -0.2) is 31.8 Å². The number of anilines is 1. The highest BCUT2D eigenvalue weighted by Crippen LogP contribution is 2.22.